The second-order valence-corrected chi connectivity index (χ2v) is 7.63. The predicted molar refractivity (Wildman–Crippen MR) is 92.4 cm³/mol. The van der Waals surface area contributed by atoms with Gasteiger partial charge in [-0.1, -0.05) is 22.4 Å². The molecule has 0 N–H and O–H groups in total. The summed E-state index contributed by atoms with van der Waals surface area (Å²) in [6, 6.07) is 4.17. The molecule has 0 amide bonds. The highest BCUT2D eigenvalue weighted by Gasteiger charge is 2.39. The summed E-state index contributed by atoms with van der Waals surface area (Å²) in [6.45, 7) is 3.49. The number of hydrogen-bond donors (Lipinski definition) is 0. The van der Waals surface area contributed by atoms with Gasteiger partial charge in [-0.25, -0.2) is 0 Å². The smallest absolute Gasteiger partial charge is 0.175 e. The first-order valence-electron chi connectivity index (χ1n) is 7.85. The first-order valence-corrected chi connectivity index (χ1v) is 9.76. The van der Waals surface area contributed by atoms with Crippen molar-refractivity contribution in [3.63, 3.8) is 0 Å². The van der Waals surface area contributed by atoms with Crippen molar-refractivity contribution in [2.24, 2.45) is 17.8 Å². The molecule has 2 nitrogen and oxygen atoms in total. The molecule has 0 saturated heterocycles. The molecule has 3 atom stereocenters. The van der Waals surface area contributed by atoms with Crippen LogP contribution in [-0.2, 0) is 5.33 Å². The number of fused-ring (bicyclic) bond motifs is 2. The van der Waals surface area contributed by atoms with E-state index in [9.17, 15) is 0 Å². The summed E-state index contributed by atoms with van der Waals surface area (Å²) in [5.41, 5.74) is 1.19. The molecular formula is C17H22Br2O2. The summed E-state index contributed by atoms with van der Waals surface area (Å²) >= 11 is 7.13. The number of ether oxygens (including phenoxy) is 2. The van der Waals surface area contributed by atoms with Gasteiger partial charge < -0.3 is 9.47 Å². The summed E-state index contributed by atoms with van der Waals surface area (Å²) in [6.07, 6.45) is 5.62. The van der Waals surface area contributed by atoms with Crippen LogP contribution in [0, 0.1) is 17.8 Å². The zero-order chi connectivity index (χ0) is 14.8. The highest BCUT2D eigenvalue weighted by Crippen LogP contribution is 2.49. The first-order chi connectivity index (χ1) is 10.2. The number of hydrogen-bond acceptors (Lipinski definition) is 2. The Labute approximate surface area is 143 Å². The third kappa shape index (κ3) is 3.42. The van der Waals surface area contributed by atoms with E-state index in [0.29, 0.717) is 6.61 Å². The van der Waals surface area contributed by atoms with E-state index in [1.54, 1.807) is 0 Å². The largest absolute Gasteiger partial charge is 0.490 e. The van der Waals surface area contributed by atoms with E-state index in [1.807, 2.05) is 6.92 Å². The van der Waals surface area contributed by atoms with Gasteiger partial charge in [-0.05, 0) is 77.6 Å². The van der Waals surface area contributed by atoms with E-state index in [0.717, 1.165) is 45.7 Å². The van der Waals surface area contributed by atoms with Crippen LogP contribution in [0.4, 0.5) is 0 Å². The monoisotopic (exact) mass is 416 g/mol. The molecule has 0 spiro atoms. The van der Waals surface area contributed by atoms with Gasteiger partial charge in [0.1, 0.15) is 0 Å². The fourth-order valence-electron chi connectivity index (χ4n) is 3.87. The van der Waals surface area contributed by atoms with Crippen LogP contribution in [0.3, 0.4) is 0 Å². The average Bonchev–Trinajstić information content (AvgIpc) is 3.09. The minimum atomic E-state index is 0.655. The highest BCUT2D eigenvalue weighted by atomic mass is 79.9. The maximum absolute atomic E-state index is 6.17. The average molecular weight is 418 g/mol. The SMILES string of the molecule is CCOc1cc(CBr)cc(Br)c1OCC1CC2CCC1C2. The van der Waals surface area contributed by atoms with Crippen LogP contribution in [0.5, 0.6) is 11.5 Å². The molecule has 3 rings (SSSR count). The standard InChI is InChI=1S/C17H22Br2O2/c1-2-20-16-8-12(9-18)7-15(19)17(16)21-10-14-6-11-3-4-13(14)5-11/h7-8,11,13-14H,2-6,9-10H2,1H3. The van der Waals surface area contributed by atoms with Crippen molar-refractivity contribution in [1.82, 2.24) is 0 Å². The molecule has 3 unspecified atom stereocenters. The normalized spacial score (nSPS) is 27.1. The van der Waals surface area contributed by atoms with E-state index in [2.05, 4.69) is 44.0 Å². The molecule has 1 aromatic carbocycles. The van der Waals surface area contributed by atoms with Crippen molar-refractivity contribution in [1.29, 1.82) is 0 Å². The summed E-state index contributed by atoms with van der Waals surface area (Å²) in [5.74, 6) is 4.31. The lowest BCUT2D eigenvalue weighted by atomic mass is 9.89. The third-order valence-corrected chi connectivity index (χ3v) is 6.09. The highest BCUT2D eigenvalue weighted by molar-refractivity contribution is 9.10. The molecule has 2 bridgehead atoms. The molecule has 0 aliphatic heterocycles. The Morgan fingerprint density at radius 3 is 2.67 bits per heavy atom. The quantitative estimate of drug-likeness (QED) is 0.564. The minimum absolute atomic E-state index is 0.655. The Hall–Kier alpha value is -0.220. The summed E-state index contributed by atoms with van der Waals surface area (Å²) in [4.78, 5) is 0. The van der Waals surface area contributed by atoms with Crippen molar-refractivity contribution < 1.29 is 9.47 Å². The van der Waals surface area contributed by atoms with Gasteiger partial charge in [0.05, 0.1) is 17.7 Å². The second-order valence-electron chi connectivity index (χ2n) is 6.22. The lowest BCUT2D eigenvalue weighted by Gasteiger charge is -2.23. The number of alkyl halides is 1. The minimum Gasteiger partial charge on any atom is -0.490 e. The molecule has 0 radical (unpaired) electrons. The summed E-state index contributed by atoms with van der Waals surface area (Å²) in [7, 11) is 0. The Kier molecular flexibility index (Phi) is 5.15. The Balaban J connectivity index is 1.71. The van der Waals surface area contributed by atoms with Gasteiger partial charge in [0.2, 0.25) is 0 Å². The van der Waals surface area contributed by atoms with E-state index in [1.165, 1.54) is 31.2 Å². The Morgan fingerprint density at radius 1 is 1.19 bits per heavy atom. The lowest BCUT2D eigenvalue weighted by molar-refractivity contribution is 0.186. The van der Waals surface area contributed by atoms with Crippen LogP contribution in [0.15, 0.2) is 16.6 Å². The molecule has 1 aromatic rings. The topological polar surface area (TPSA) is 18.5 Å². The van der Waals surface area contributed by atoms with Crippen molar-refractivity contribution in [2.45, 2.75) is 37.9 Å². The lowest BCUT2D eigenvalue weighted by Crippen LogP contribution is -2.19. The van der Waals surface area contributed by atoms with Crippen molar-refractivity contribution >= 4 is 31.9 Å². The molecular weight excluding hydrogens is 396 g/mol. The van der Waals surface area contributed by atoms with Crippen molar-refractivity contribution in [3.8, 4) is 11.5 Å². The van der Waals surface area contributed by atoms with Crippen LogP contribution in [0.2, 0.25) is 0 Å². The second kappa shape index (κ2) is 6.91. The van der Waals surface area contributed by atoms with Crippen molar-refractivity contribution in [3.05, 3.63) is 22.2 Å². The first kappa shape index (κ1) is 15.7. The molecule has 2 saturated carbocycles. The number of rotatable bonds is 6. The molecule has 4 heteroatoms. The van der Waals surface area contributed by atoms with Crippen LogP contribution in [0.25, 0.3) is 0 Å². The molecule has 2 aliphatic rings. The van der Waals surface area contributed by atoms with Crippen LogP contribution < -0.4 is 9.47 Å². The van der Waals surface area contributed by atoms with Gasteiger partial charge in [-0.15, -0.1) is 0 Å². The molecule has 2 fully saturated rings. The molecule has 21 heavy (non-hydrogen) atoms. The fourth-order valence-corrected chi connectivity index (χ4v) is 4.80. The van der Waals surface area contributed by atoms with Gasteiger partial charge >= 0.3 is 0 Å². The molecule has 116 valence electrons. The number of benzene rings is 1. The molecule has 0 aromatic heterocycles. The van der Waals surface area contributed by atoms with Crippen LogP contribution >= 0.6 is 31.9 Å². The van der Waals surface area contributed by atoms with E-state index < -0.39 is 0 Å². The van der Waals surface area contributed by atoms with E-state index in [4.69, 9.17) is 9.47 Å². The third-order valence-electron chi connectivity index (χ3n) is 4.85. The zero-order valence-corrected chi connectivity index (χ0v) is 15.6. The maximum atomic E-state index is 6.17. The predicted octanol–water partition coefficient (Wildman–Crippen LogP) is 5.56. The van der Waals surface area contributed by atoms with Gasteiger partial charge in [-0.2, -0.15) is 0 Å². The van der Waals surface area contributed by atoms with Gasteiger partial charge in [0, 0.05) is 5.33 Å². The fraction of sp³-hybridized carbons (Fsp3) is 0.647. The maximum Gasteiger partial charge on any atom is 0.175 e. The van der Waals surface area contributed by atoms with Crippen LogP contribution in [0.1, 0.15) is 38.2 Å². The van der Waals surface area contributed by atoms with Gasteiger partial charge in [-0.3, -0.25) is 0 Å². The zero-order valence-electron chi connectivity index (χ0n) is 12.4. The number of halogens is 2. The van der Waals surface area contributed by atoms with E-state index in [-0.39, 0.29) is 0 Å². The molecule has 2 aliphatic carbocycles. The molecule has 0 heterocycles. The Bertz CT molecular complexity index is 504. The van der Waals surface area contributed by atoms with Gasteiger partial charge in [0.15, 0.2) is 11.5 Å². The summed E-state index contributed by atoms with van der Waals surface area (Å²) in [5, 5.41) is 0.818. The van der Waals surface area contributed by atoms with Crippen LogP contribution in [-0.4, -0.2) is 13.2 Å². The van der Waals surface area contributed by atoms with Crippen molar-refractivity contribution in [2.75, 3.05) is 13.2 Å². The Morgan fingerprint density at radius 2 is 2.05 bits per heavy atom. The van der Waals surface area contributed by atoms with Gasteiger partial charge in [0.25, 0.3) is 0 Å². The van der Waals surface area contributed by atoms with E-state index >= 15 is 0 Å². The summed E-state index contributed by atoms with van der Waals surface area (Å²) < 4.78 is 12.9.